The molecule has 1 aliphatic heterocycles. The molecule has 2 N–H and O–H groups in total. The Morgan fingerprint density at radius 2 is 1.77 bits per heavy atom. The van der Waals surface area contributed by atoms with Gasteiger partial charge in [0.25, 0.3) is 0 Å². The van der Waals surface area contributed by atoms with Gasteiger partial charge in [-0.1, -0.05) is 24.3 Å². The van der Waals surface area contributed by atoms with Crippen molar-refractivity contribution in [2.45, 2.75) is 6.92 Å². The predicted molar refractivity (Wildman–Crippen MR) is 92.4 cm³/mol. The third-order valence-corrected chi connectivity index (χ3v) is 3.20. The molecule has 0 saturated heterocycles. The zero-order chi connectivity index (χ0) is 15.9. The highest BCUT2D eigenvalue weighted by atomic mass is 16.1. The van der Waals surface area contributed by atoms with Crippen molar-refractivity contribution >= 4 is 10.9 Å². The van der Waals surface area contributed by atoms with Gasteiger partial charge in [0.15, 0.2) is 0 Å². The number of aromatic nitrogens is 1. The molecule has 0 fully saturated rings. The van der Waals surface area contributed by atoms with Gasteiger partial charge in [-0.15, -0.1) is 0 Å². The standard InChI is InChI=1S/C9H14N2.C9H7NO/c1-8-4-5-9(11(2)3)10-7-6-8;11-9-6-5-7-3-1-2-4-8(7)10-9/h4-7,10H,1-3H3;1-6H,(H,10,11). The van der Waals surface area contributed by atoms with Crippen LogP contribution in [0.3, 0.4) is 0 Å². The summed E-state index contributed by atoms with van der Waals surface area (Å²) in [4.78, 5) is 15.6. The Labute approximate surface area is 130 Å². The van der Waals surface area contributed by atoms with Crippen LogP contribution < -0.4 is 10.9 Å². The van der Waals surface area contributed by atoms with E-state index in [0.717, 1.165) is 16.7 Å². The quantitative estimate of drug-likeness (QED) is 0.850. The zero-order valence-corrected chi connectivity index (χ0v) is 13.1. The minimum Gasteiger partial charge on any atom is -0.364 e. The first-order valence-corrected chi connectivity index (χ1v) is 7.13. The number of para-hydroxylation sites is 1. The summed E-state index contributed by atoms with van der Waals surface area (Å²) in [6, 6.07) is 11.0. The number of benzene rings is 1. The summed E-state index contributed by atoms with van der Waals surface area (Å²) in [7, 11) is 4.03. The van der Waals surface area contributed by atoms with E-state index in [1.807, 2.05) is 61.6 Å². The molecule has 2 heterocycles. The molecule has 0 unspecified atom stereocenters. The molecular weight excluding hydrogens is 274 g/mol. The number of hydrogen-bond donors (Lipinski definition) is 2. The molecule has 0 radical (unpaired) electrons. The molecule has 4 nitrogen and oxygen atoms in total. The van der Waals surface area contributed by atoms with Crippen LogP contribution in [0.4, 0.5) is 0 Å². The van der Waals surface area contributed by atoms with E-state index in [4.69, 9.17) is 0 Å². The van der Waals surface area contributed by atoms with Crippen LogP contribution in [0.15, 0.2) is 77.0 Å². The SMILES string of the molecule is CC1=CC=C(N(C)C)NC=C1.O=c1ccc2ccccc2[nH]1. The van der Waals surface area contributed by atoms with Gasteiger partial charge in [-0.25, -0.2) is 0 Å². The monoisotopic (exact) mass is 295 g/mol. The predicted octanol–water partition coefficient (Wildman–Crippen LogP) is 2.98. The molecule has 0 bridgehead atoms. The summed E-state index contributed by atoms with van der Waals surface area (Å²) in [5.74, 6) is 1.11. The Kier molecular flexibility index (Phi) is 5.20. The van der Waals surface area contributed by atoms with Gasteiger partial charge < -0.3 is 15.2 Å². The fourth-order valence-electron chi connectivity index (χ4n) is 1.95. The van der Waals surface area contributed by atoms with Gasteiger partial charge in [0.2, 0.25) is 5.56 Å². The largest absolute Gasteiger partial charge is 0.364 e. The molecule has 1 aromatic carbocycles. The number of nitrogens with zero attached hydrogens (tertiary/aromatic N) is 1. The summed E-state index contributed by atoms with van der Waals surface area (Å²) < 4.78 is 0. The number of allylic oxidation sites excluding steroid dienone is 4. The van der Waals surface area contributed by atoms with Crippen molar-refractivity contribution in [2.75, 3.05) is 14.1 Å². The van der Waals surface area contributed by atoms with Gasteiger partial charge in [-0.3, -0.25) is 4.79 Å². The average Bonchev–Trinajstić information content (AvgIpc) is 2.72. The van der Waals surface area contributed by atoms with Crippen LogP contribution in [-0.4, -0.2) is 24.0 Å². The summed E-state index contributed by atoms with van der Waals surface area (Å²) in [6.45, 7) is 2.08. The summed E-state index contributed by atoms with van der Waals surface area (Å²) in [5, 5.41) is 4.23. The van der Waals surface area contributed by atoms with Gasteiger partial charge in [-0.05, 0) is 42.2 Å². The van der Waals surface area contributed by atoms with E-state index >= 15 is 0 Å². The topological polar surface area (TPSA) is 48.1 Å². The number of aromatic amines is 1. The Morgan fingerprint density at radius 1 is 1.00 bits per heavy atom. The second-order valence-electron chi connectivity index (χ2n) is 5.24. The van der Waals surface area contributed by atoms with E-state index in [-0.39, 0.29) is 5.56 Å². The second-order valence-corrected chi connectivity index (χ2v) is 5.24. The normalized spacial score (nSPS) is 13.2. The van der Waals surface area contributed by atoms with Crippen molar-refractivity contribution in [3.63, 3.8) is 0 Å². The molecule has 2 aromatic rings. The highest BCUT2D eigenvalue weighted by Crippen LogP contribution is 2.06. The van der Waals surface area contributed by atoms with Crippen molar-refractivity contribution in [2.24, 2.45) is 0 Å². The summed E-state index contributed by atoms with van der Waals surface area (Å²) in [6.07, 6.45) is 8.15. The number of rotatable bonds is 1. The van der Waals surface area contributed by atoms with Crippen LogP contribution in [0, 0.1) is 0 Å². The number of H-pyrrole nitrogens is 1. The van der Waals surface area contributed by atoms with Crippen LogP contribution in [-0.2, 0) is 0 Å². The van der Waals surface area contributed by atoms with E-state index in [1.165, 1.54) is 11.6 Å². The first-order valence-electron chi connectivity index (χ1n) is 7.13. The molecule has 0 aliphatic carbocycles. The number of pyridine rings is 1. The van der Waals surface area contributed by atoms with E-state index in [9.17, 15) is 4.79 Å². The van der Waals surface area contributed by atoms with E-state index in [0.29, 0.717) is 0 Å². The minimum absolute atomic E-state index is 0.0521. The maximum absolute atomic E-state index is 10.8. The number of nitrogens with one attached hydrogen (secondary N) is 2. The minimum atomic E-state index is -0.0521. The highest BCUT2D eigenvalue weighted by Gasteiger charge is 1.96. The van der Waals surface area contributed by atoms with Gasteiger partial charge >= 0.3 is 0 Å². The molecule has 1 aromatic heterocycles. The lowest BCUT2D eigenvalue weighted by Crippen LogP contribution is -2.20. The van der Waals surface area contributed by atoms with E-state index < -0.39 is 0 Å². The Hall–Kier alpha value is -2.75. The van der Waals surface area contributed by atoms with Crippen molar-refractivity contribution in [3.8, 4) is 0 Å². The molecular formula is C18H21N3O. The molecule has 4 heteroatoms. The van der Waals surface area contributed by atoms with Crippen molar-refractivity contribution < 1.29 is 0 Å². The van der Waals surface area contributed by atoms with Gasteiger partial charge in [0, 0.05) is 31.9 Å². The van der Waals surface area contributed by atoms with Crippen molar-refractivity contribution in [1.29, 1.82) is 0 Å². The molecule has 3 rings (SSSR count). The van der Waals surface area contributed by atoms with Crippen molar-refractivity contribution in [1.82, 2.24) is 15.2 Å². The molecule has 1 aliphatic rings. The maximum atomic E-state index is 10.8. The van der Waals surface area contributed by atoms with Crippen LogP contribution in [0.25, 0.3) is 10.9 Å². The Morgan fingerprint density at radius 3 is 2.55 bits per heavy atom. The molecule has 22 heavy (non-hydrogen) atoms. The van der Waals surface area contributed by atoms with E-state index in [1.54, 1.807) is 0 Å². The smallest absolute Gasteiger partial charge is 0.248 e. The van der Waals surface area contributed by atoms with Gasteiger partial charge in [0.1, 0.15) is 5.82 Å². The average molecular weight is 295 g/mol. The lowest BCUT2D eigenvalue weighted by molar-refractivity contribution is 0.483. The van der Waals surface area contributed by atoms with Crippen LogP contribution in [0.1, 0.15) is 6.92 Å². The number of fused-ring (bicyclic) bond motifs is 1. The molecule has 0 atom stereocenters. The lowest BCUT2D eigenvalue weighted by atomic mass is 10.2. The zero-order valence-electron chi connectivity index (χ0n) is 13.1. The lowest BCUT2D eigenvalue weighted by Gasteiger charge is -2.15. The van der Waals surface area contributed by atoms with Gasteiger partial charge in [0.05, 0.1) is 0 Å². The number of hydrogen-bond acceptors (Lipinski definition) is 3. The van der Waals surface area contributed by atoms with Gasteiger partial charge in [-0.2, -0.15) is 0 Å². The molecule has 0 spiro atoms. The summed E-state index contributed by atoms with van der Waals surface area (Å²) >= 11 is 0. The Bertz CT molecular complexity index is 782. The second kappa shape index (κ2) is 7.31. The fraction of sp³-hybridized carbons (Fsp3) is 0.167. The van der Waals surface area contributed by atoms with Crippen LogP contribution in [0.2, 0.25) is 0 Å². The first-order chi connectivity index (χ1) is 10.6. The maximum Gasteiger partial charge on any atom is 0.248 e. The van der Waals surface area contributed by atoms with Crippen LogP contribution >= 0.6 is 0 Å². The molecule has 0 saturated carbocycles. The summed E-state index contributed by atoms with van der Waals surface area (Å²) in [5.41, 5.74) is 2.10. The fourth-order valence-corrected chi connectivity index (χ4v) is 1.95. The molecule has 0 amide bonds. The van der Waals surface area contributed by atoms with Crippen LogP contribution in [0.5, 0.6) is 0 Å². The first kappa shape index (κ1) is 15.6. The van der Waals surface area contributed by atoms with E-state index in [2.05, 4.69) is 29.4 Å². The highest BCUT2D eigenvalue weighted by molar-refractivity contribution is 5.77. The third kappa shape index (κ3) is 4.38. The Balaban J connectivity index is 0.000000160. The molecule has 114 valence electrons. The van der Waals surface area contributed by atoms with Crippen molar-refractivity contribution in [3.05, 3.63) is 82.6 Å². The third-order valence-electron chi connectivity index (χ3n) is 3.20.